The van der Waals surface area contributed by atoms with Crippen LogP contribution in [0.25, 0.3) is 0 Å². The minimum Gasteiger partial charge on any atom is -0.399 e. The van der Waals surface area contributed by atoms with Gasteiger partial charge < -0.3 is 5.73 Å². The number of anilines is 1. The van der Waals surface area contributed by atoms with Gasteiger partial charge >= 0.3 is 0 Å². The van der Waals surface area contributed by atoms with Crippen LogP contribution in [0.5, 0.6) is 0 Å². The molecular weight excluding hydrogens is 170 g/mol. The van der Waals surface area contributed by atoms with Gasteiger partial charge in [-0.05, 0) is 42.4 Å². The molecule has 0 amide bonds. The maximum absolute atomic E-state index is 5.80. The molecule has 1 fully saturated rings. The first-order chi connectivity index (χ1) is 6.75. The summed E-state index contributed by atoms with van der Waals surface area (Å²) in [5.41, 5.74) is 8.14. The molecule has 0 bridgehead atoms. The van der Waals surface area contributed by atoms with E-state index >= 15 is 0 Å². The van der Waals surface area contributed by atoms with E-state index in [1.807, 2.05) is 6.07 Å². The molecule has 0 saturated heterocycles. The molecular formula is C13H19N. The topological polar surface area (TPSA) is 26.0 Å². The quantitative estimate of drug-likeness (QED) is 0.672. The van der Waals surface area contributed by atoms with Gasteiger partial charge in [0.1, 0.15) is 0 Å². The van der Waals surface area contributed by atoms with Crippen molar-refractivity contribution in [1.29, 1.82) is 0 Å². The summed E-state index contributed by atoms with van der Waals surface area (Å²) < 4.78 is 0. The summed E-state index contributed by atoms with van der Waals surface area (Å²) in [5, 5.41) is 0. The molecule has 0 aliphatic heterocycles. The predicted molar refractivity (Wildman–Crippen MR) is 61.2 cm³/mol. The Morgan fingerprint density at radius 1 is 1.29 bits per heavy atom. The van der Waals surface area contributed by atoms with Gasteiger partial charge in [0.2, 0.25) is 0 Å². The predicted octanol–water partition coefficient (Wildman–Crippen LogP) is 3.56. The Kier molecular flexibility index (Phi) is 2.76. The van der Waals surface area contributed by atoms with Gasteiger partial charge in [-0.15, -0.1) is 0 Å². The molecule has 0 spiro atoms. The second kappa shape index (κ2) is 4.04. The van der Waals surface area contributed by atoms with Crippen LogP contribution in [0.1, 0.15) is 44.1 Å². The maximum atomic E-state index is 5.80. The van der Waals surface area contributed by atoms with Crippen LogP contribution in [0.4, 0.5) is 5.69 Å². The van der Waals surface area contributed by atoms with Crippen LogP contribution < -0.4 is 5.73 Å². The van der Waals surface area contributed by atoms with Gasteiger partial charge in [-0.2, -0.15) is 0 Å². The van der Waals surface area contributed by atoms with Gasteiger partial charge in [0, 0.05) is 5.69 Å². The molecule has 2 atom stereocenters. The Balaban J connectivity index is 2.14. The Hall–Kier alpha value is -0.980. The lowest BCUT2D eigenvalue weighted by atomic mass is 9.79. The summed E-state index contributed by atoms with van der Waals surface area (Å²) in [6, 6.07) is 8.40. The van der Waals surface area contributed by atoms with Gasteiger partial charge in [-0.1, -0.05) is 31.9 Å². The maximum Gasteiger partial charge on any atom is 0.0316 e. The summed E-state index contributed by atoms with van der Waals surface area (Å²) in [7, 11) is 0. The van der Waals surface area contributed by atoms with Crippen LogP contribution >= 0.6 is 0 Å². The molecule has 2 rings (SSSR count). The van der Waals surface area contributed by atoms with Crippen molar-refractivity contribution in [3.05, 3.63) is 29.8 Å². The highest BCUT2D eigenvalue weighted by Crippen LogP contribution is 2.36. The van der Waals surface area contributed by atoms with Gasteiger partial charge in [-0.3, -0.25) is 0 Å². The SMILES string of the molecule is C[C@H]1CCC[C@@H](c2cccc(N)c2)C1. The van der Waals surface area contributed by atoms with Crippen molar-refractivity contribution >= 4 is 5.69 Å². The van der Waals surface area contributed by atoms with Crippen molar-refractivity contribution in [2.24, 2.45) is 5.92 Å². The smallest absolute Gasteiger partial charge is 0.0316 e. The van der Waals surface area contributed by atoms with Crippen LogP contribution in [-0.4, -0.2) is 0 Å². The summed E-state index contributed by atoms with van der Waals surface area (Å²) in [6.07, 6.45) is 5.46. The minimum atomic E-state index is 0.752. The zero-order valence-electron chi connectivity index (χ0n) is 8.87. The molecule has 1 aromatic rings. The van der Waals surface area contributed by atoms with Gasteiger partial charge in [0.05, 0.1) is 0 Å². The van der Waals surface area contributed by atoms with Crippen LogP contribution in [0.2, 0.25) is 0 Å². The lowest BCUT2D eigenvalue weighted by Crippen LogP contribution is -2.11. The van der Waals surface area contributed by atoms with E-state index in [0.717, 1.165) is 17.5 Å². The number of nitrogens with two attached hydrogens (primary N) is 1. The highest BCUT2D eigenvalue weighted by molar-refractivity contribution is 5.41. The molecule has 1 heteroatoms. The molecule has 1 aliphatic carbocycles. The molecule has 14 heavy (non-hydrogen) atoms. The van der Waals surface area contributed by atoms with E-state index < -0.39 is 0 Å². The van der Waals surface area contributed by atoms with Crippen LogP contribution in [-0.2, 0) is 0 Å². The highest BCUT2D eigenvalue weighted by Gasteiger charge is 2.20. The number of hydrogen-bond acceptors (Lipinski definition) is 1. The van der Waals surface area contributed by atoms with E-state index in [2.05, 4.69) is 25.1 Å². The van der Waals surface area contributed by atoms with Gasteiger partial charge in [0.25, 0.3) is 0 Å². The minimum absolute atomic E-state index is 0.752. The number of nitrogen functional groups attached to an aromatic ring is 1. The van der Waals surface area contributed by atoms with E-state index in [9.17, 15) is 0 Å². The van der Waals surface area contributed by atoms with E-state index in [4.69, 9.17) is 5.73 Å². The monoisotopic (exact) mass is 189 g/mol. The first kappa shape index (κ1) is 9.57. The van der Waals surface area contributed by atoms with Crippen LogP contribution in [0.3, 0.4) is 0 Å². The molecule has 1 nitrogen and oxygen atoms in total. The summed E-state index contributed by atoms with van der Waals surface area (Å²) in [6.45, 7) is 2.36. The third kappa shape index (κ3) is 2.09. The van der Waals surface area contributed by atoms with Crippen molar-refractivity contribution in [3.63, 3.8) is 0 Å². The Morgan fingerprint density at radius 3 is 2.86 bits per heavy atom. The van der Waals surface area contributed by atoms with Crippen molar-refractivity contribution < 1.29 is 0 Å². The normalized spacial score (nSPS) is 27.5. The second-order valence-electron chi connectivity index (χ2n) is 4.64. The first-order valence-electron chi connectivity index (χ1n) is 5.61. The van der Waals surface area contributed by atoms with E-state index in [-0.39, 0.29) is 0 Å². The van der Waals surface area contributed by atoms with E-state index in [0.29, 0.717) is 0 Å². The molecule has 1 aromatic carbocycles. The van der Waals surface area contributed by atoms with Crippen molar-refractivity contribution in [1.82, 2.24) is 0 Å². The Labute approximate surface area is 86.3 Å². The zero-order chi connectivity index (χ0) is 9.97. The van der Waals surface area contributed by atoms with Crippen LogP contribution in [0.15, 0.2) is 24.3 Å². The summed E-state index contributed by atoms with van der Waals surface area (Å²) >= 11 is 0. The molecule has 1 aliphatic rings. The summed E-state index contributed by atoms with van der Waals surface area (Å²) in [4.78, 5) is 0. The standard InChI is InChI=1S/C13H19N/c1-10-4-2-5-11(8-10)12-6-3-7-13(14)9-12/h3,6-7,9-11H,2,4-5,8,14H2,1H3/t10-,11+/m0/s1. The fraction of sp³-hybridized carbons (Fsp3) is 0.538. The lowest BCUT2D eigenvalue weighted by Gasteiger charge is -2.27. The highest BCUT2D eigenvalue weighted by atomic mass is 14.5. The second-order valence-corrected chi connectivity index (χ2v) is 4.64. The third-order valence-electron chi connectivity index (χ3n) is 3.32. The molecule has 0 aromatic heterocycles. The molecule has 0 radical (unpaired) electrons. The molecule has 2 N–H and O–H groups in total. The molecule has 0 unspecified atom stereocenters. The van der Waals surface area contributed by atoms with Gasteiger partial charge in [-0.25, -0.2) is 0 Å². The van der Waals surface area contributed by atoms with Crippen LogP contribution in [0, 0.1) is 5.92 Å². The van der Waals surface area contributed by atoms with Gasteiger partial charge in [0.15, 0.2) is 0 Å². The third-order valence-corrected chi connectivity index (χ3v) is 3.32. The average molecular weight is 189 g/mol. The number of hydrogen-bond donors (Lipinski definition) is 1. The van der Waals surface area contributed by atoms with Crippen molar-refractivity contribution in [2.45, 2.75) is 38.5 Å². The van der Waals surface area contributed by atoms with Crippen molar-refractivity contribution in [2.75, 3.05) is 5.73 Å². The molecule has 76 valence electrons. The van der Waals surface area contributed by atoms with E-state index in [1.54, 1.807) is 0 Å². The fourth-order valence-corrected chi connectivity index (χ4v) is 2.55. The summed E-state index contributed by atoms with van der Waals surface area (Å²) in [5.74, 6) is 1.64. The Morgan fingerprint density at radius 2 is 2.14 bits per heavy atom. The zero-order valence-corrected chi connectivity index (χ0v) is 8.87. The average Bonchev–Trinajstić information content (AvgIpc) is 2.18. The fourth-order valence-electron chi connectivity index (χ4n) is 2.55. The molecule has 1 saturated carbocycles. The number of rotatable bonds is 1. The Bertz CT molecular complexity index is 306. The van der Waals surface area contributed by atoms with Crippen molar-refractivity contribution in [3.8, 4) is 0 Å². The largest absolute Gasteiger partial charge is 0.399 e. The number of benzene rings is 1. The van der Waals surface area contributed by atoms with E-state index in [1.165, 1.54) is 31.2 Å². The lowest BCUT2D eigenvalue weighted by molar-refractivity contribution is 0.344. The first-order valence-corrected chi connectivity index (χ1v) is 5.61. The molecule has 0 heterocycles.